The van der Waals surface area contributed by atoms with Gasteiger partial charge in [0.05, 0.1) is 17.7 Å². The molecule has 1 N–H and O–H groups in total. The van der Waals surface area contributed by atoms with Crippen molar-refractivity contribution in [1.29, 1.82) is 0 Å². The van der Waals surface area contributed by atoms with E-state index in [0.717, 1.165) is 5.56 Å². The number of benzene rings is 2. The first-order valence-corrected chi connectivity index (χ1v) is 6.73. The Morgan fingerprint density at radius 3 is 2.32 bits per heavy atom. The van der Waals surface area contributed by atoms with Crippen molar-refractivity contribution in [2.24, 2.45) is 0 Å². The number of ether oxygens (including phenoxy) is 1. The molecule has 0 fully saturated rings. The van der Waals surface area contributed by atoms with E-state index in [4.69, 9.17) is 4.74 Å². The highest BCUT2D eigenvalue weighted by molar-refractivity contribution is 6.02. The molecule has 0 amide bonds. The van der Waals surface area contributed by atoms with Gasteiger partial charge >= 0.3 is 11.9 Å². The molecule has 4 nitrogen and oxygen atoms in total. The van der Waals surface area contributed by atoms with E-state index >= 15 is 0 Å². The standard InChI is InChI=1S/C18H14O4/c1-2-22-18(21)15-11-10-14(12-16(15)17(19)20)9-8-13-6-4-3-5-7-13/h3-7,10-12H,2H2,1H3,(H,19,20). The number of carboxylic acid groups (broad SMARTS) is 1. The molecule has 2 aromatic rings. The van der Waals surface area contributed by atoms with Gasteiger partial charge in [0.15, 0.2) is 0 Å². The van der Waals surface area contributed by atoms with Gasteiger partial charge in [-0.1, -0.05) is 30.0 Å². The summed E-state index contributed by atoms with van der Waals surface area (Å²) in [6, 6.07) is 13.8. The lowest BCUT2D eigenvalue weighted by Gasteiger charge is -2.05. The predicted molar refractivity (Wildman–Crippen MR) is 81.8 cm³/mol. The molecule has 0 saturated heterocycles. The number of esters is 1. The third-order valence-corrected chi connectivity index (χ3v) is 2.87. The fraction of sp³-hybridized carbons (Fsp3) is 0.111. The normalized spacial score (nSPS) is 9.50. The van der Waals surface area contributed by atoms with Crippen molar-refractivity contribution in [3.05, 3.63) is 70.8 Å². The van der Waals surface area contributed by atoms with Crippen molar-refractivity contribution < 1.29 is 19.4 Å². The Kier molecular flexibility index (Phi) is 4.94. The Labute approximate surface area is 128 Å². The van der Waals surface area contributed by atoms with E-state index in [1.54, 1.807) is 13.0 Å². The van der Waals surface area contributed by atoms with E-state index in [1.807, 2.05) is 30.3 Å². The van der Waals surface area contributed by atoms with Crippen LogP contribution in [0.3, 0.4) is 0 Å². The van der Waals surface area contributed by atoms with Crippen molar-refractivity contribution in [2.45, 2.75) is 6.92 Å². The Balaban J connectivity index is 2.36. The average Bonchev–Trinajstić information content (AvgIpc) is 2.54. The molecule has 0 unspecified atom stereocenters. The molecular formula is C18H14O4. The van der Waals surface area contributed by atoms with Crippen molar-refractivity contribution in [1.82, 2.24) is 0 Å². The maximum Gasteiger partial charge on any atom is 0.338 e. The summed E-state index contributed by atoms with van der Waals surface area (Å²) < 4.78 is 4.85. The Hall–Kier alpha value is -3.06. The number of carbonyl (C=O) groups is 2. The quantitative estimate of drug-likeness (QED) is 0.698. The van der Waals surface area contributed by atoms with E-state index in [-0.39, 0.29) is 17.7 Å². The van der Waals surface area contributed by atoms with Gasteiger partial charge in [-0.3, -0.25) is 0 Å². The lowest BCUT2D eigenvalue weighted by molar-refractivity contribution is 0.0514. The predicted octanol–water partition coefficient (Wildman–Crippen LogP) is 2.96. The Bertz CT molecular complexity index is 752. The SMILES string of the molecule is CCOC(=O)c1ccc(C#Cc2ccccc2)cc1C(=O)O. The lowest BCUT2D eigenvalue weighted by Crippen LogP contribution is -2.11. The summed E-state index contributed by atoms with van der Waals surface area (Å²) in [6.45, 7) is 1.85. The minimum Gasteiger partial charge on any atom is -0.478 e. The first-order chi connectivity index (χ1) is 10.6. The van der Waals surface area contributed by atoms with Crippen LogP contribution in [-0.2, 0) is 4.74 Å². The number of hydrogen-bond donors (Lipinski definition) is 1. The summed E-state index contributed by atoms with van der Waals surface area (Å²) in [7, 11) is 0. The fourth-order valence-electron chi connectivity index (χ4n) is 1.85. The molecule has 0 aliphatic carbocycles. The van der Waals surface area contributed by atoms with Gasteiger partial charge < -0.3 is 9.84 Å². The van der Waals surface area contributed by atoms with Gasteiger partial charge in [-0.25, -0.2) is 9.59 Å². The first-order valence-electron chi connectivity index (χ1n) is 6.73. The van der Waals surface area contributed by atoms with E-state index in [0.29, 0.717) is 5.56 Å². The van der Waals surface area contributed by atoms with Crippen molar-refractivity contribution >= 4 is 11.9 Å². The fourth-order valence-corrected chi connectivity index (χ4v) is 1.85. The van der Waals surface area contributed by atoms with Crippen LogP contribution in [0.4, 0.5) is 0 Å². The molecule has 22 heavy (non-hydrogen) atoms. The second-order valence-electron chi connectivity index (χ2n) is 4.40. The number of rotatable bonds is 3. The molecule has 0 heterocycles. The van der Waals surface area contributed by atoms with Crippen molar-refractivity contribution in [3.8, 4) is 11.8 Å². The second-order valence-corrected chi connectivity index (χ2v) is 4.40. The van der Waals surface area contributed by atoms with Gasteiger partial charge in [0, 0.05) is 11.1 Å². The van der Waals surface area contributed by atoms with Crippen molar-refractivity contribution in [2.75, 3.05) is 6.61 Å². The van der Waals surface area contributed by atoms with Crippen LogP contribution in [-0.4, -0.2) is 23.7 Å². The van der Waals surface area contributed by atoms with E-state index < -0.39 is 11.9 Å². The molecular weight excluding hydrogens is 280 g/mol. The van der Waals surface area contributed by atoms with E-state index in [1.165, 1.54) is 12.1 Å². The van der Waals surface area contributed by atoms with Crippen LogP contribution in [0.15, 0.2) is 48.5 Å². The van der Waals surface area contributed by atoms with Gasteiger partial charge in [-0.15, -0.1) is 0 Å². The van der Waals surface area contributed by atoms with E-state index in [2.05, 4.69) is 11.8 Å². The number of carbonyl (C=O) groups excluding carboxylic acids is 1. The van der Waals surface area contributed by atoms with Gasteiger partial charge in [0.1, 0.15) is 0 Å². The molecule has 0 atom stereocenters. The summed E-state index contributed by atoms with van der Waals surface area (Å²) in [4.78, 5) is 23.0. The van der Waals surface area contributed by atoms with Crippen LogP contribution in [0.2, 0.25) is 0 Å². The molecule has 0 aliphatic rings. The highest BCUT2D eigenvalue weighted by atomic mass is 16.5. The Morgan fingerprint density at radius 1 is 1.00 bits per heavy atom. The van der Waals surface area contributed by atoms with Crippen molar-refractivity contribution in [3.63, 3.8) is 0 Å². The van der Waals surface area contributed by atoms with Gasteiger partial charge in [0.2, 0.25) is 0 Å². The summed E-state index contributed by atoms with van der Waals surface area (Å²) in [5, 5.41) is 9.24. The molecule has 0 saturated carbocycles. The molecule has 110 valence electrons. The monoisotopic (exact) mass is 294 g/mol. The molecule has 4 heteroatoms. The first kappa shape index (κ1) is 15.3. The smallest absolute Gasteiger partial charge is 0.338 e. The minimum atomic E-state index is -1.19. The summed E-state index contributed by atoms with van der Waals surface area (Å²) in [5.41, 5.74) is 1.26. The average molecular weight is 294 g/mol. The molecule has 0 aromatic heterocycles. The molecule has 2 rings (SSSR count). The number of aromatic carboxylic acids is 1. The van der Waals surface area contributed by atoms with Crippen LogP contribution in [0.1, 0.15) is 38.8 Å². The maximum absolute atomic E-state index is 11.7. The summed E-state index contributed by atoms with van der Waals surface area (Å²) >= 11 is 0. The summed E-state index contributed by atoms with van der Waals surface area (Å²) in [6.07, 6.45) is 0. The minimum absolute atomic E-state index is 0.0274. The van der Waals surface area contributed by atoms with Gasteiger partial charge in [-0.05, 0) is 37.3 Å². The van der Waals surface area contributed by atoms with Crippen LogP contribution in [0.25, 0.3) is 0 Å². The lowest BCUT2D eigenvalue weighted by atomic mass is 10.0. The van der Waals surface area contributed by atoms with Crippen LogP contribution in [0, 0.1) is 11.8 Å². The van der Waals surface area contributed by atoms with Crippen LogP contribution in [0.5, 0.6) is 0 Å². The second kappa shape index (κ2) is 7.09. The zero-order valence-corrected chi connectivity index (χ0v) is 12.0. The van der Waals surface area contributed by atoms with E-state index in [9.17, 15) is 14.7 Å². The zero-order chi connectivity index (χ0) is 15.9. The number of hydrogen-bond acceptors (Lipinski definition) is 3. The van der Waals surface area contributed by atoms with Crippen LogP contribution < -0.4 is 0 Å². The van der Waals surface area contributed by atoms with Gasteiger partial charge in [-0.2, -0.15) is 0 Å². The third kappa shape index (κ3) is 3.74. The zero-order valence-electron chi connectivity index (χ0n) is 12.0. The topological polar surface area (TPSA) is 63.6 Å². The van der Waals surface area contributed by atoms with Gasteiger partial charge in [0.25, 0.3) is 0 Å². The molecule has 0 bridgehead atoms. The highest BCUT2D eigenvalue weighted by Gasteiger charge is 2.17. The molecule has 0 aliphatic heterocycles. The molecule has 2 aromatic carbocycles. The largest absolute Gasteiger partial charge is 0.478 e. The Morgan fingerprint density at radius 2 is 1.68 bits per heavy atom. The van der Waals surface area contributed by atoms with Crippen LogP contribution >= 0.6 is 0 Å². The third-order valence-electron chi connectivity index (χ3n) is 2.87. The highest BCUT2D eigenvalue weighted by Crippen LogP contribution is 2.13. The maximum atomic E-state index is 11.7. The summed E-state index contributed by atoms with van der Waals surface area (Å²) in [5.74, 6) is 3.99. The number of carboxylic acids is 1. The molecule has 0 radical (unpaired) electrons. The molecule has 0 spiro atoms.